The molecule has 0 bridgehead atoms. The third kappa shape index (κ3) is 3.61. The molecule has 0 aliphatic heterocycles. The third-order valence-electron chi connectivity index (χ3n) is 2.94. The van der Waals surface area contributed by atoms with Gasteiger partial charge in [0, 0.05) is 12.6 Å². The first kappa shape index (κ1) is 10.9. The Morgan fingerprint density at radius 2 is 2.23 bits per heavy atom. The zero-order chi connectivity index (χ0) is 9.84. The van der Waals surface area contributed by atoms with E-state index in [-0.39, 0.29) is 0 Å². The molecule has 1 saturated carbocycles. The summed E-state index contributed by atoms with van der Waals surface area (Å²) in [5.74, 6) is 0.868. The fraction of sp³-hybridized carbons (Fsp3) is 0.900. The van der Waals surface area contributed by atoms with Crippen molar-refractivity contribution in [3.63, 3.8) is 0 Å². The minimum absolute atomic E-state index is 0.612. The molecule has 2 unspecified atom stereocenters. The summed E-state index contributed by atoms with van der Waals surface area (Å²) in [4.78, 5) is 2.92. The average Bonchev–Trinajstić information content (AvgIpc) is 2.03. The predicted octanol–water partition coefficient (Wildman–Crippen LogP) is 1.78. The minimum Gasteiger partial charge on any atom is -0.392 e. The highest BCUT2D eigenvalue weighted by molar-refractivity contribution is 7.80. The van der Waals surface area contributed by atoms with Crippen molar-refractivity contribution in [3.05, 3.63) is 0 Å². The first-order valence-corrected chi connectivity index (χ1v) is 5.49. The van der Waals surface area contributed by atoms with E-state index >= 15 is 0 Å². The van der Waals surface area contributed by atoms with E-state index in [2.05, 4.69) is 18.9 Å². The van der Waals surface area contributed by atoms with Crippen LogP contribution in [0.4, 0.5) is 0 Å². The van der Waals surface area contributed by atoms with E-state index in [9.17, 15) is 0 Å². The molecular weight excluding hydrogens is 180 g/mol. The van der Waals surface area contributed by atoms with Gasteiger partial charge in [-0.3, -0.25) is 4.90 Å². The Kier molecular flexibility index (Phi) is 4.13. The Morgan fingerprint density at radius 1 is 1.54 bits per heavy atom. The van der Waals surface area contributed by atoms with Crippen LogP contribution in [0.1, 0.15) is 32.6 Å². The third-order valence-corrected chi connectivity index (χ3v) is 3.07. The summed E-state index contributed by atoms with van der Waals surface area (Å²) in [7, 11) is 2.13. The smallest absolute Gasteiger partial charge is 0.0870 e. The SMILES string of the molecule is CC1CCCC(N(C)CC(N)=S)C1. The lowest BCUT2D eigenvalue weighted by Gasteiger charge is -2.33. The van der Waals surface area contributed by atoms with E-state index in [1.54, 1.807) is 0 Å². The molecule has 1 aliphatic carbocycles. The molecule has 1 rings (SSSR count). The van der Waals surface area contributed by atoms with Crippen LogP contribution in [0.2, 0.25) is 0 Å². The van der Waals surface area contributed by atoms with Crippen molar-refractivity contribution in [3.8, 4) is 0 Å². The molecule has 3 heteroatoms. The largest absolute Gasteiger partial charge is 0.392 e. The Hall–Kier alpha value is -0.150. The fourth-order valence-corrected chi connectivity index (χ4v) is 2.38. The lowest BCUT2D eigenvalue weighted by atomic mass is 9.86. The van der Waals surface area contributed by atoms with E-state index in [1.807, 2.05) is 0 Å². The molecule has 1 aliphatic rings. The number of hydrogen-bond acceptors (Lipinski definition) is 2. The summed E-state index contributed by atoms with van der Waals surface area (Å²) < 4.78 is 0. The molecule has 0 radical (unpaired) electrons. The molecule has 0 heterocycles. The summed E-state index contributed by atoms with van der Waals surface area (Å²) >= 11 is 4.91. The van der Waals surface area contributed by atoms with Crippen LogP contribution in [0.15, 0.2) is 0 Å². The van der Waals surface area contributed by atoms with E-state index in [4.69, 9.17) is 18.0 Å². The zero-order valence-corrected chi connectivity index (χ0v) is 9.44. The fourth-order valence-electron chi connectivity index (χ4n) is 2.18. The van der Waals surface area contributed by atoms with Gasteiger partial charge in [-0.15, -0.1) is 0 Å². The number of rotatable bonds is 3. The van der Waals surface area contributed by atoms with E-state index in [1.165, 1.54) is 25.7 Å². The highest BCUT2D eigenvalue weighted by atomic mass is 32.1. The lowest BCUT2D eigenvalue weighted by molar-refractivity contribution is 0.182. The maximum absolute atomic E-state index is 5.52. The minimum atomic E-state index is 0.612. The van der Waals surface area contributed by atoms with E-state index in [0.29, 0.717) is 11.0 Å². The van der Waals surface area contributed by atoms with Gasteiger partial charge in [0.1, 0.15) is 0 Å². The van der Waals surface area contributed by atoms with Gasteiger partial charge >= 0.3 is 0 Å². The maximum atomic E-state index is 5.52. The first-order valence-electron chi connectivity index (χ1n) is 5.08. The summed E-state index contributed by atoms with van der Waals surface area (Å²) in [6.07, 6.45) is 5.35. The quantitative estimate of drug-likeness (QED) is 0.704. The second kappa shape index (κ2) is 4.91. The van der Waals surface area contributed by atoms with Crippen LogP contribution in [0.25, 0.3) is 0 Å². The van der Waals surface area contributed by atoms with Crippen LogP contribution in [0.3, 0.4) is 0 Å². The molecule has 0 aromatic heterocycles. The number of thiocarbonyl (C=S) groups is 1. The Morgan fingerprint density at radius 3 is 2.77 bits per heavy atom. The molecular formula is C10H20N2S. The number of nitrogens with two attached hydrogens (primary N) is 1. The number of hydrogen-bond donors (Lipinski definition) is 1. The van der Waals surface area contributed by atoms with Gasteiger partial charge in [-0.25, -0.2) is 0 Å². The summed E-state index contributed by atoms with van der Waals surface area (Å²) in [5.41, 5.74) is 5.52. The van der Waals surface area contributed by atoms with Gasteiger partial charge < -0.3 is 5.73 Å². The summed E-state index contributed by atoms with van der Waals surface area (Å²) in [6.45, 7) is 3.10. The molecule has 1 fully saturated rings. The van der Waals surface area contributed by atoms with Crippen molar-refractivity contribution >= 4 is 17.2 Å². The van der Waals surface area contributed by atoms with Crippen LogP contribution in [-0.4, -0.2) is 29.5 Å². The molecule has 2 N–H and O–H groups in total. The molecule has 0 aromatic rings. The highest BCUT2D eigenvalue weighted by Gasteiger charge is 2.22. The number of likely N-dealkylation sites (N-methyl/N-ethyl adjacent to an activating group) is 1. The second-order valence-corrected chi connectivity index (χ2v) is 4.83. The van der Waals surface area contributed by atoms with Crippen molar-refractivity contribution in [1.29, 1.82) is 0 Å². The zero-order valence-electron chi connectivity index (χ0n) is 8.62. The molecule has 13 heavy (non-hydrogen) atoms. The van der Waals surface area contributed by atoms with Crippen molar-refractivity contribution in [2.24, 2.45) is 11.7 Å². The van der Waals surface area contributed by atoms with Crippen molar-refractivity contribution < 1.29 is 0 Å². The standard InChI is InChI=1S/C10H20N2S/c1-8-4-3-5-9(6-8)12(2)7-10(11)13/h8-9H,3-7H2,1-2H3,(H2,11,13). The highest BCUT2D eigenvalue weighted by Crippen LogP contribution is 2.26. The normalized spacial score (nSPS) is 29.2. The van der Waals surface area contributed by atoms with E-state index < -0.39 is 0 Å². The van der Waals surface area contributed by atoms with Crippen LogP contribution in [-0.2, 0) is 0 Å². The van der Waals surface area contributed by atoms with Crippen molar-refractivity contribution in [1.82, 2.24) is 4.90 Å². The molecule has 2 atom stereocenters. The van der Waals surface area contributed by atoms with Gasteiger partial charge in [-0.05, 0) is 25.8 Å². The van der Waals surface area contributed by atoms with Crippen LogP contribution >= 0.6 is 12.2 Å². The van der Waals surface area contributed by atoms with E-state index in [0.717, 1.165) is 12.5 Å². The van der Waals surface area contributed by atoms with Gasteiger partial charge in [0.05, 0.1) is 4.99 Å². The monoisotopic (exact) mass is 200 g/mol. The second-order valence-electron chi connectivity index (χ2n) is 4.31. The number of nitrogens with zero attached hydrogens (tertiary/aromatic N) is 1. The Balaban J connectivity index is 2.36. The van der Waals surface area contributed by atoms with Gasteiger partial charge in [0.2, 0.25) is 0 Å². The van der Waals surface area contributed by atoms with Crippen LogP contribution in [0, 0.1) is 5.92 Å². The summed E-state index contributed by atoms with van der Waals surface area (Å²) in [5, 5.41) is 0. The van der Waals surface area contributed by atoms with Crippen LogP contribution < -0.4 is 5.73 Å². The lowest BCUT2D eigenvalue weighted by Crippen LogP contribution is -2.40. The maximum Gasteiger partial charge on any atom is 0.0870 e. The molecule has 76 valence electrons. The van der Waals surface area contributed by atoms with Gasteiger partial charge in [0.25, 0.3) is 0 Å². The van der Waals surface area contributed by atoms with Crippen molar-refractivity contribution in [2.75, 3.05) is 13.6 Å². The average molecular weight is 200 g/mol. The van der Waals surface area contributed by atoms with Crippen LogP contribution in [0.5, 0.6) is 0 Å². The molecule has 2 nitrogen and oxygen atoms in total. The first-order chi connectivity index (χ1) is 6.09. The summed E-state index contributed by atoms with van der Waals surface area (Å²) in [6, 6.07) is 0.699. The Labute approximate surface area is 86.5 Å². The molecule has 0 spiro atoms. The van der Waals surface area contributed by atoms with Crippen molar-refractivity contribution in [2.45, 2.75) is 38.6 Å². The topological polar surface area (TPSA) is 29.3 Å². The molecule has 0 aromatic carbocycles. The predicted molar refractivity (Wildman–Crippen MR) is 60.8 cm³/mol. The van der Waals surface area contributed by atoms with Gasteiger partial charge in [-0.2, -0.15) is 0 Å². The molecule has 0 saturated heterocycles. The van der Waals surface area contributed by atoms with Gasteiger partial charge in [0.15, 0.2) is 0 Å². The molecule has 0 amide bonds. The Bertz CT molecular complexity index is 182. The van der Waals surface area contributed by atoms with Gasteiger partial charge in [-0.1, -0.05) is 32.0 Å².